The first kappa shape index (κ1) is 15.6. The lowest BCUT2D eigenvalue weighted by atomic mass is 9.77. The van der Waals surface area contributed by atoms with Gasteiger partial charge in [0.1, 0.15) is 0 Å². The largest absolute Gasteiger partial charge is 0.396 e. The summed E-state index contributed by atoms with van der Waals surface area (Å²) in [4.78, 5) is 13.9. The first-order valence-corrected chi connectivity index (χ1v) is 7.93. The molecule has 104 valence electrons. The topological polar surface area (TPSA) is 40.5 Å². The zero-order valence-electron chi connectivity index (χ0n) is 11.7. The predicted molar refractivity (Wildman–Crippen MR) is 77.8 cm³/mol. The lowest BCUT2D eigenvalue weighted by Crippen LogP contribution is -2.48. The number of allylic oxidation sites excluding steroid dienone is 2. The Hall–Kier alpha value is -0.480. The van der Waals surface area contributed by atoms with E-state index in [-0.39, 0.29) is 17.9 Å². The summed E-state index contributed by atoms with van der Waals surface area (Å²) >= 11 is 1.56. The number of nitrogens with zero attached hydrogens (tertiary/aromatic N) is 1. The highest BCUT2D eigenvalue weighted by Gasteiger charge is 2.35. The monoisotopic (exact) mass is 271 g/mol. The van der Waals surface area contributed by atoms with Gasteiger partial charge in [0.25, 0.3) is 0 Å². The summed E-state index contributed by atoms with van der Waals surface area (Å²) in [6.07, 6.45) is 7.01. The van der Waals surface area contributed by atoms with Crippen molar-refractivity contribution in [1.29, 1.82) is 0 Å². The van der Waals surface area contributed by atoms with Gasteiger partial charge >= 0.3 is 0 Å². The summed E-state index contributed by atoms with van der Waals surface area (Å²) in [5.74, 6) is 0.752. The number of thioether (sulfide) groups is 1. The van der Waals surface area contributed by atoms with Gasteiger partial charge in [0.2, 0.25) is 5.91 Å². The lowest BCUT2D eigenvalue weighted by molar-refractivity contribution is -0.132. The van der Waals surface area contributed by atoms with Gasteiger partial charge in [-0.2, -0.15) is 11.8 Å². The fourth-order valence-electron chi connectivity index (χ4n) is 2.42. The molecule has 1 aliphatic heterocycles. The first-order valence-electron chi connectivity index (χ1n) is 6.54. The van der Waals surface area contributed by atoms with Crippen LogP contribution in [0.1, 0.15) is 33.1 Å². The fourth-order valence-corrected chi connectivity index (χ4v) is 2.85. The van der Waals surface area contributed by atoms with E-state index in [4.69, 9.17) is 0 Å². The van der Waals surface area contributed by atoms with Gasteiger partial charge in [0.05, 0.1) is 12.4 Å². The van der Waals surface area contributed by atoms with Gasteiger partial charge in [0, 0.05) is 18.5 Å². The van der Waals surface area contributed by atoms with Crippen molar-refractivity contribution < 1.29 is 9.90 Å². The Balaban J connectivity index is 2.69. The Labute approximate surface area is 115 Å². The van der Waals surface area contributed by atoms with Crippen molar-refractivity contribution in [2.45, 2.75) is 33.1 Å². The minimum absolute atomic E-state index is 0.121. The van der Waals surface area contributed by atoms with Crippen LogP contribution < -0.4 is 0 Å². The second-order valence-electron chi connectivity index (χ2n) is 5.50. The predicted octanol–water partition coefficient (Wildman–Crippen LogP) is 2.31. The van der Waals surface area contributed by atoms with Gasteiger partial charge in [-0.15, -0.1) is 0 Å². The summed E-state index contributed by atoms with van der Waals surface area (Å²) in [6, 6.07) is 0. The van der Waals surface area contributed by atoms with Gasteiger partial charge < -0.3 is 10.0 Å². The van der Waals surface area contributed by atoms with Gasteiger partial charge in [-0.3, -0.25) is 4.79 Å². The van der Waals surface area contributed by atoms with Crippen molar-refractivity contribution >= 4 is 17.7 Å². The molecule has 1 N–H and O–H groups in total. The summed E-state index contributed by atoms with van der Waals surface area (Å²) in [5, 5.41) is 9.71. The van der Waals surface area contributed by atoms with E-state index in [1.54, 1.807) is 11.8 Å². The Morgan fingerprint density at radius 3 is 2.78 bits per heavy atom. The third kappa shape index (κ3) is 4.32. The zero-order chi connectivity index (χ0) is 13.6. The van der Waals surface area contributed by atoms with E-state index in [1.165, 1.54) is 5.57 Å². The van der Waals surface area contributed by atoms with Crippen LogP contribution in [0.5, 0.6) is 0 Å². The average molecular weight is 271 g/mol. The van der Waals surface area contributed by atoms with Crippen LogP contribution in [0.2, 0.25) is 0 Å². The number of aliphatic hydroxyl groups is 1. The number of carbonyl (C=O) groups excluding carboxylic acids is 1. The molecule has 1 heterocycles. The SMILES string of the molecule is CSCC(=O)N1CCC[C@](CO)(CC=C(C)C)C1. The minimum atomic E-state index is -0.121. The van der Waals surface area contributed by atoms with Gasteiger partial charge in [-0.1, -0.05) is 11.6 Å². The molecule has 1 saturated heterocycles. The van der Waals surface area contributed by atoms with Gasteiger partial charge in [-0.25, -0.2) is 0 Å². The Bertz CT molecular complexity index is 313. The van der Waals surface area contributed by atoms with Crippen LogP contribution in [-0.4, -0.2) is 47.6 Å². The minimum Gasteiger partial charge on any atom is -0.396 e. The number of carbonyl (C=O) groups is 1. The van der Waals surface area contributed by atoms with Crippen molar-refractivity contribution in [2.75, 3.05) is 31.7 Å². The second-order valence-corrected chi connectivity index (χ2v) is 6.36. The maximum absolute atomic E-state index is 11.9. The van der Waals surface area contributed by atoms with Crippen molar-refractivity contribution in [1.82, 2.24) is 4.90 Å². The molecule has 0 aromatic carbocycles. The maximum Gasteiger partial charge on any atom is 0.232 e. The second kappa shape index (κ2) is 7.19. The van der Waals surface area contributed by atoms with Crippen molar-refractivity contribution in [2.24, 2.45) is 5.41 Å². The number of piperidine rings is 1. The quantitative estimate of drug-likeness (QED) is 0.780. The standard InChI is InChI=1S/C14H25NO2S/c1-12(2)5-7-14(11-16)6-4-8-15(10-14)13(17)9-18-3/h5,16H,4,6-11H2,1-3H3/t14-/m0/s1. The molecular formula is C14H25NO2S. The molecule has 1 amide bonds. The molecule has 1 aliphatic rings. The summed E-state index contributed by atoms with van der Waals surface area (Å²) in [7, 11) is 0. The van der Waals surface area contributed by atoms with E-state index in [1.807, 2.05) is 11.2 Å². The van der Waals surface area contributed by atoms with Crippen molar-refractivity contribution in [3.05, 3.63) is 11.6 Å². The van der Waals surface area contributed by atoms with Gasteiger partial charge in [-0.05, 0) is 39.4 Å². The average Bonchev–Trinajstić information content (AvgIpc) is 2.37. The van der Waals surface area contributed by atoms with E-state index in [9.17, 15) is 9.90 Å². The van der Waals surface area contributed by atoms with Crippen LogP contribution in [0.15, 0.2) is 11.6 Å². The molecule has 1 rings (SSSR count). The molecule has 3 nitrogen and oxygen atoms in total. The Morgan fingerprint density at radius 2 is 2.22 bits per heavy atom. The lowest BCUT2D eigenvalue weighted by Gasteiger charge is -2.41. The number of hydrogen-bond acceptors (Lipinski definition) is 3. The van der Waals surface area contributed by atoms with Crippen LogP contribution in [0.4, 0.5) is 0 Å². The van der Waals surface area contributed by atoms with Crippen LogP contribution >= 0.6 is 11.8 Å². The number of aliphatic hydroxyl groups excluding tert-OH is 1. The molecule has 0 radical (unpaired) electrons. The first-order chi connectivity index (χ1) is 8.53. The molecule has 18 heavy (non-hydrogen) atoms. The molecule has 1 fully saturated rings. The van der Waals surface area contributed by atoms with Crippen molar-refractivity contribution in [3.63, 3.8) is 0 Å². The number of rotatable bonds is 5. The molecule has 0 bridgehead atoms. The third-order valence-electron chi connectivity index (χ3n) is 3.56. The van der Waals surface area contributed by atoms with Crippen LogP contribution in [0.3, 0.4) is 0 Å². The third-order valence-corrected chi connectivity index (χ3v) is 4.10. The Morgan fingerprint density at radius 1 is 1.50 bits per heavy atom. The van der Waals surface area contributed by atoms with E-state index in [0.717, 1.165) is 25.8 Å². The highest BCUT2D eigenvalue weighted by molar-refractivity contribution is 7.99. The smallest absolute Gasteiger partial charge is 0.232 e. The van der Waals surface area contributed by atoms with E-state index >= 15 is 0 Å². The maximum atomic E-state index is 11.9. The number of hydrogen-bond donors (Lipinski definition) is 1. The molecule has 1 atom stereocenters. The molecular weight excluding hydrogens is 246 g/mol. The normalized spacial score (nSPS) is 23.9. The highest BCUT2D eigenvalue weighted by Crippen LogP contribution is 2.34. The zero-order valence-corrected chi connectivity index (χ0v) is 12.6. The summed E-state index contributed by atoms with van der Waals surface area (Å²) in [6.45, 7) is 5.86. The number of likely N-dealkylation sites (tertiary alicyclic amines) is 1. The van der Waals surface area contributed by atoms with Crippen LogP contribution in [-0.2, 0) is 4.79 Å². The fraction of sp³-hybridized carbons (Fsp3) is 0.786. The number of amides is 1. The molecule has 0 saturated carbocycles. The molecule has 0 spiro atoms. The molecule has 4 heteroatoms. The summed E-state index contributed by atoms with van der Waals surface area (Å²) in [5.41, 5.74) is 1.15. The Kier molecular flexibility index (Phi) is 6.22. The van der Waals surface area contributed by atoms with E-state index in [0.29, 0.717) is 12.3 Å². The van der Waals surface area contributed by atoms with E-state index in [2.05, 4.69) is 19.9 Å². The highest BCUT2D eigenvalue weighted by atomic mass is 32.2. The summed E-state index contributed by atoms with van der Waals surface area (Å²) < 4.78 is 0. The van der Waals surface area contributed by atoms with Crippen molar-refractivity contribution in [3.8, 4) is 0 Å². The van der Waals surface area contributed by atoms with Crippen LogP contribution in [0.25, 0.3) is 0 Å². The van der Waals surface area contributed by atoms with Crippen LogP contribution in [0, 0.1) is 5.41 Å². The van der Waals surface area contributed by atoms with E-state index < -0.39 is 0 Å². The molecule has 0 unspecified atom stereocenters. The van der Waals surface area contributed by atoms with Gasteiger partial charge in [0.15, 0.2) is 0 Å². The molecule has 0 aromatic heterocycles. The molecule has 0 aliphatic carbocycles. The molecule has 0 aromatic rings.